The summed E-state index contributed by atoms with van der Waals surface area (Å²) in [5.74, 6) is 1.62. The molecule has 2 rings (SSSR count). The Morgan fingerprint density at radius 2 is 1.69 bits per heavy atom. The van der Waals surface area contributed by atoms with E-state index in [0.717, 1.165) is 12.3 Å². The lowest BCUT2D eigenvalue weighted by Crippen LogP contribution is -2.38. The summed E-state index contributed by atoms with van der Waals surface area (Å²) in [5, 5.41) is 0. The number of carbonyl (C=O) groups excluding carboxylic acids is 1. The summed E-state index contributed by atoms with van der Waals surface area (Å²) in [7, 11) is 0. The summed E-state index contributed by atoms with van der Waals surface area (Å²) in [4.78, 5) is 11.2. The van der Waals surface area contributed by atoms with Crippen LogP contribution in [0.3, 0.4) is 0 Å². The lowest BCUT2D eigenvalue weighted by molar-refractivity contribution is -0.126. The number of nitrogens with two attached hydrogens (primary N) is 1. The maximum Gasteiger partial charge on any atom is 0.220 e. The first-order valence-corrected chi connectivity index (χ1v) is 5.58. The lowest BCUT2D eigenvalue weighted by Gasteiger charge is -2.39. The fourth-order valence-corrected chi connectivity index (χ4v) is 3.29. The van der Waals surface area contributed by atoms with E-state index < -0.39 is 0 Å². The third kappa shape index (κ3) is 1.72. The first kappa shape index (κ1) is 9.04. The molecule has 0 aromatic rings. The SMILES string of the molecule is NC(=O)C1CCCC2CCCCC21. The molecule has 0 radical (unpaired) electrons. The molecule has 0 aromatic heterocycles. The van der Waals surface area contributed by atoms with Crippen molar-refractivity contribution in [3.8, 4) is 0 Å². The van der Waals surface area contributed by atoms with Crippen molar-refractivity contribution in [2.24, 2.45) is 23.5 Å². The van der Waals surface area contributed by atoms with Crippen LogP contribution in [-0.4, -0.2) is 5.91 Å². The Morgan fingerprint density at radius 3 is 2.46 bits per heavy atom. The van der Waals surface area contributed by atoms with Crippen LogP contribution < -0.4 is 5.73 Å². The van der Waals surface area contributed by atoms with Crippen molar-refractivity contribution < 1.29 is 4.79 Å². The molecule has 2 saturated carbocycles. The number of primary amides is 1. The van der Waals surface area contributed by atoms with Gasteiger partial charge in [0.15, 0.2) is 0 Å². The van der Waals surface area contributed by atoms with Gasteiger partial charge in [-0.3, -0.25) is 4.79 Å². The highest BCUT2D eigenvalue weighted by Crippen LogP contribution is 2.43. The third-order valence-corrected chi connectivity index (χ3v) is 3.94. The van der Waals surface area contributed by atoms with Crippen LogP contribution in [-0.2, 0) is 4.79 Å². The molecule has 2 aliphatic rings. The highest BCUT2D eigenvalue weighted by molar-refractivity contribution is 5.77. The Labute approximate surface area is 79.9 Å². The first-order chi connectivity index (χ1) is 6.29. The lowest BCUT2D eigenvalue weighted by atomic mass is 9.65. The fraction of sp³-hybridized carbons (Fsp3) is 0.909. The van der Waals surface area contributed by atoms with Crippen molar-refractivity contribution in [1.82, 2.24) is 0 Å². The molecular weight excluding hydrogens is 162 g/mol. The van der Waals surface area contributed by atoms with Crippen LogP contribution >= 0.6 is 0 Å². The molecule has 2 aliphatic carbocycles. The molecular formula is C11H19NO. The van der Waals surface area contributed by atoms with Gasteiger partial charge in [-0.1, -0.05) is 32.1 Å². The van der Waals surface area contributed by atoms with Gasteiger partial charge in [0.25, 0.3) is 0 Å². The molecule has 0 spiro atoms. The monoisotopic (exact) mass is 181 g/mol. The van der Waals surface area contributed by atoms with E-state index >= 15 is 0 Å². The molecule has 2 heteroatoms. The van der Waals surface area contributed by atoms with Crippen molar-refractivity contribution in [1.29, 1.82) is 0 Å². The molecule has 0 heterocycles. The van der Waals surface area contributed by atoms with Crippen LogP contribution in [0.4, 0.5) is 0 Å². The summed E-state index contributed by atoms with van der Waals surface area (Å²) in [5.41, 5.74) is 5.44. The fourth-order valence-electron chi connectivity index (χ4n) is 3.29. The van der Waals surface area contributed by atoms with Gasteiger partial charge in [-0.25, -0.2) is 0 Å². The van der Waals surface area contributed by atoms with E-state index in [2.05, 4.69) is 0 Å². The summed E-state index contributed by atoms with van der Waals surface area (Å²) in [6.07, 6.45) is 8.88. The molecule has 74 valence electrons. The summed E-state index contributed by atoms with van der Waals surface area (Å²) in [6, 6.07) is 0. The molecule has 0 bridgehead atoms. The molecule has 3 unspecified atom stereocenters. The zero-order valence-electron chi connectivity index (χ0n) is 8.17. The average Bonchev–Trinajstić information content (AvgIpc) is 2.17. The van der Waals surface area contributed by atoms with E-state index in [9.17, 15) is 4.79 Å². The predicted molar refractivity (Wildman–Crippen MR) is 52.0 cm³/mol. The van der Waals surface area contributed by atoms with E-state index in [1.54, 1.807) is 0 Å². The van der Waals surface area contributed by atoms with Gasteiger partial charge in [0.2, 0.25) is 5.91 Å². The number of hydrogen-bond donors (Lipinski definition) is 1. The van der Waals surface area contributed by atoms with Crippen LogP contribution in [0.2, 0.25) is 0 Å². The molecule has 0 aromatic carbocycles. The van der Waals surface area contributed by atoms with E-state index in [1.165, 1.54) is 38.5 Å². The zero-order chi connectivity index (χ0) is 9.26. The summed E-state index contributed by atoms with van der Waals surface area (Å²) >= 11 is 0. The van der Waals surface area contributed by atoms with Gasteiger partial charge in [0.1, 0.15) is 0 Å². The van der Waals surface area contributed by atoms with Crippen LogP contribution in [0.1, 0.15) is 44.9 Å². The number of fused-ring (bicyclic) bond motifs is 1. The Balaban J connectivity index is 2.06. The number of amides is 1. The number of rotatable bonds is 1. The molecule has 13 heavy (non-hydrogen) atoms. The van der Waals surface area contributed by atoms with Gasteiger partial charge in [0.05, 0.1) is 0 Å². The third-order valence-electron chi connectivity index (χ3n) is 3.94. The summed E-state index contributed by atoms with van der Waals surface area (Å²) < 4.78 is 0. The molecule has 2 fully saturated rings. The van der Waals surface area contributed by atoms with Crippen molar-refractivity contribution in [2.75, 3.05) is 0 Å². The van der Waals surface area contributed by atoms with Crippen LogP contribution in [0.15, 0.2) is 0 Å². The Bertz CT molecular complexity index is 200. The second-order valence-electron chi connectivity index (χ2n) is 4.65. The summed E-state index contributed by atoms with van der Waals surface area (Å²) in [6.45, 7) is 0. The van der Waals surface area contributed by atoms with Gasteiger partial charge in [0, 0.05) is 5.92 Å². The topological polar surface area (TPSA) is 43.1 Å². The minimum Gasteiger partial charge on any atom is -0.369 e. The van der Waals surface area contributed by atoms with Crippen molar-refractivity contribution in [3.05, 3.63) is 0 Å². The molecule has 0 aliphatic heterocycles. The van der Waals surface area contributed by atoms with Gasteiger partial charge < -0.3 is 5.73 Å². The molecule has 0 saturated heterocycles. The molecule has 2 N–H and O–H groups in total. The predicted octanol–water partition coefficient (Wildman–Crippen LogP) is 2.08. The Hall–Kier alpha value is -0.530. The minimum atomic E-state index is -0.0448. The van der Waals surface area contributed by atoms with E-state index in [1.807, 2.05) is 0 Å². The van der Waals surface area contributed by atoms with Crippen LogP contribution in [0.25, 0.3) is 0 Å². The number of carbonyl (C=O) groups is 1. The normalized spacial score (nSPS) is 39.5. The highest BCUT2D eigenvalue weighted by atomic mass is 16.1. The Morgan fingerprint density at radius 1 is 1.00 bits per heavy atom. The molecule has 3 atom stereocenters. The van der Waals surface area contributed by atoms with E-state index in [0.29, 0.717) is 5.92 Å². The van der Waals surface area contributed by atoms with Gasteiger partial charge in [-0.05, 0) is 24.7 Å². The zero-order valence-corrected chi connectivity index (χ0v) is 8.17. The second kappa shape index (κ2) is 3.69. The van der Waals surface area contributed by atoms with Gasteiger partial charge in [-0.2, -0.15) is 0 Å². The maximum absolute atomic E-state index is 11.2. The van der Waals surface area contributed by atoms with Crippen molar-refractivity contribution in [2.45, 2.75) is 44.9 Å². The smallest absolute Gasteiger partial charge is 0.220 e. The number of hydrogen-bond acceptors (Lipinski definition) is 1. The van der Waals surface area contributed by atoms with E-state index in [4.69, 9.17) is 5.73 Å². The van der Waals surface area contributed by atoms with E-state index in [-0.39, 0.29) is 11.8 Å². The quantitative estimate of drug-likeness (QED) is 0.661. The van der Waals surface area contributed by atoms with Gasteiger partial charge >= 0.3 is 0 Å². The van der Waals surface area contributed by atoms with Crippen LogP contribution in [0.5, 0.6) is 0 Å². The van der Waals surface area contributed by atoms with Crippen molar-refractivity contribution >= 4 is 5.91 Å². The van der Waals surface area contributed by atoms with Crippen molar-refractivity contribution in [3.63, 3.8) is 0 Å². The minimum absolute atomic E-state index is 0.0448. The highest BCUT2D eigenvalue weighted by Gasteiger charge is 2.37. The average molecular weight is 181 g/mol. The first-order valence-electron chi connectivity index (χ1n) is 5.58. The largest absolute Gasteiger partial charge is 0.369 e. The van der Waals surface area contributed by atoms with Crippen LogP contribution in [0, 0.1) is 17.8 Å². The second-order valence-corrected chi connectivity index (χ2v) is 4.65. The van der Waals surface area contributed by atoms with Gasteiger partial charge in [-0.15, -0.1) is 0 Å². The Kier molecular flexibility index (Phi) is 2.56. The molecule has 2 nitrogen and oxygen atoms in total. The standard InChI is InChI=1S/C11H19NO/c12-11(13)10-7-3-5-8-4-1-2-6-9(8)10/h8-10H,1-7H2,(H2,12,13). The molecule has 1 amide bonds. The maximum atomic E-state index is 11.2.